The number of carbonyl (C=O) groups is 1. The fourth-order valence-corrected chi connectivity index (χ4v) is 4.15. The predicted molar refractivity (Wildman–Crippen MR) is 137 cm³/mol. The summed E-state index contributed by atoms with van der Waals surface area (Å²) < 4.78 is 5.70. The Hall–Kier alpha value is -0.650. The van der Waals surface area contributed by atoms with E-state index in [0.29, 0.717) is 19.7 Å². The molecular weight excluding hydrogens is 400 g/mol. The zero-order valence-corrected chi connectivity index (χ0v) is 21.8. The second-order valence-corrected chi connectivity index (χ2v) is 9.52. The van der Waals surface area contributed by atoms with Crippen LogP contribution in [0.2, 0.25) is 0 Å². The summed E-state index contributed by atoms with van der Waals surface area (Å²) in [5.74, 6) is 0.107. The van der Waals surface area contributed by atoms with Crippen molar-refractivity contribution in [1.29, 1.82) is 0 Å². The molecule has 0 aromatic rings. The lowest BCUT2D eigenvalue weighted by atomic mass is 9.94. The quantitative estimate of drug-likeness (QED) is 0.136. The Labute approximate surface area is 199 Å². The smallest absolute Gasteiger partial charge is 0.308 e. The topological polar surface area (TPSA) is 75.8 Å². The van der Waals surface area contributed by atoms with Gasteiger partial charge in [0.25, 0.3) is 0 Å². The van der Waals surface area contributed by atoms with Crippen LogP contribution in [0.5, 0.6) is 0 Å². The maximum absolute atomic E-state index is 12.7. The number of nitrogens with two attached hydrogens (primary N) is 1. The van der Waals surface area contributed by atoms with Crippen LogP contribution < -0.4 is 5.73 Å². The predicted octanol–water partition coefficient (Wildman–Crippen LogP) is 6.07. The molecule has 0 amide bonds. The van der Waals surface area contributed by atoms with E-state index in [-0.39, 0.29) is 11.9 Å². The second kappa shape index (κ2) is 23.5. The highest BCUT2D eigenvalue weighted by atomic mass is 16.5. The highest BCUT2D eigenvalue weighted by molar-refractivity contribution is 5.72. The van der Waals surface area contributed by atoms with Crippen molar-refractivity contribution in [3.05, 3.63) is 0 Å². The van der Waals surface area contributed by atoms with Crippen LogP contribution in [0.15, 0.2) is 0 Å². The molecule has 0 bridgehead atoms. The Morgan fingerprint density at radius 3 is 1.91 bits per heavy atom. The highest BCUT2D eigenvalue weighted by Gasteiger charge is 2.19. The Balaban J connectivity index is 4.25. The van der Waals surface area contributed by atoms with Gasteiger partial charge in [-0.3, -0.25) is 4.79 Å². The number of hydrogen-bond acceptors (Lipinski definition) is 5. The number of aliphatic hydroxyl groups excluding tert-OH is 1. The zero-order chi connectivity index (χ0) is 23.9. The van der Waals surface area contributed by atoms with Gasteiger partial charge in [0.1, 0.15) is 0 Å². The molecule has 5 heteroatoms. The largest absolute Gasteiger partial charge is 0.465 e. The first kappa shape index (κ1) is 31.4. The van der Waals surface area contributed by atoms with E-state index in [4.69, 9.17) is 10.5 Å². The standard InChI is InChI=1S/C27H56N2O3/c1-4-7-10-12-13-15-19-25(18-14-11-8-5-2)27(31)32-22-17-16-21-29(20-9-6-3)24-26(30)23-28/h25-26,30H,4-24,28H2,1-3H3. The second-order valence-electron chi connectivity index (χ2n) is 9.52. The fourth-order valence-electron chi connectivity index (χ4n) is 4.15. The van der Waals surface area contributed by atoms with Gasteiger partial charge in [-0.05, 0) is 45.2 Å². The molecule has 0 rings (SSSR count). The highest BCUT2D eigenvalue weighted by Crippen LogP contribution is 2.20. The van der Waals surface area contributed by atoms with Crippen molar-refractivity contribution in [3.63, 3.8) is 0 Å². The van der Waals surface area contributed by atoms with Gasteiger partial charge in [-0.25, -0.2) is 0 Å². The number of nitrogens with zero attached hydrogens (tertiary/aromatic N) is 1. The van der Waals surface area contributed by atoms with Crippen LogP contribution in [-0.4, -0.2) is 54.9 Å². The minimum absolute atomic E-state index is 0.0245. The van der Waals surface area contributed by atoms with Gasteiger partial charge in [-0.1, -0.05) is 91.4 Å². The van der Waals surface area contributed by atoms with Crippen molar-refractivity contribution in [2.24, 2.45) is 11.7 Å². The molecule has 0 fully saturated rings. The number of unbranched alkanes of at least 4 members (excludes halogenated alkanes) is 10. The normalized spacial score (nSPS) is 13.4. The summed E-state index contributed by atoms with van der Waals surface area (Å²) in [5.41, 5.74) is 5.57. The van der Waals surface area contributed by atoms with Crippen molar-refractivity contribution in [1.82, 2.24) is 4.90 Å². The molecule has 32 heavy (non-hydrogen) atoms. The summed E-state index contributed by atoms with van der Waals surface area (Å²) in [6.07, 6.45) is 18.1. The third-order valence-electron chi connectivity index (χ3n) is 6.33. The number of esters is 1. The molecule has 0 aromatic heterocycles. The van der Waals surface area contributed by atoms with Crippen molar-refractivity contribution >= 4 is 5.97 Å². The molecule has 0 aliphatic rings. The van der Waals surface area contributed by atoms with Gasteiger partial charge in [0, 0.05) is 13.1 Å². The molecule has 3 N–H and O–H groups in total. The first-order chi connectivity index (χ1) is 15.6. The van der Waals surface area contributed by atoms with Gasteiger partial charge in [0.2, 0.25) is 0 Å². The number of hydrogen-bond donors (Lipinski definition) is 2. The van der Waals surface area contributed by atoms with Gasteiger partial charge < -0.3 is 20.5 Å². The number of rotatable bonds is 24. The summed E-state index contributed by atoms with van der Waals surface area (Å²) in [6.45, 7) is 10.0. The van der Waals surface area contributed by atoms with E-state index in [2.05, 4.69) is 25.7 Å². The molecule has 0 spiro atoms. The van der Waals surface area contributed by atoms with E-state index in [1.54, 1.807) is 0 Å². The Morgan fingerprint density at radius 1 is 0.781 bits per heavy atom. The SMILES string of the molecule is CCCCCCCCC(CCCCCC)C(=O)OCCCCN(CCCC)CC(O)CN. The van der Waals surface area contributed by atoms with Gasteiger partial charge >= 0.3 is 5.97 Å². The van der Waals surface area contributed by atoms with Gasteiger partial charge in [-0.15, -0.1) is 0 Å². The third-order valence-corrected chi connectivity index (χ3v) is 6.33. The average molecular weight is 457 g/mol. The van der Waals surface area contributed by atoms with Crippen LogP contribution in [0, 0.1) is 5.92 Å². The minimum Gasteiger partial charge on any atom is -0.465 e. The molecule has 0 radical (unpaired) electrons. The molecule has 0 aliphatic heterocycles. The molecular formula is C27H56N2O3. The lowest BCUT2D eigenvalue weighted by Crippen LogP contribution is -2.37. The van der Waals surface area contributed by atoms with E-state index in [1.807, 2.05) is 0 Å². The molecule has 0 heterocycles. The summed E-state index contributed by atoms with van der Waals surface area (Å²) in [5, 5.41) is 9.86. The molecule has 0 saturated heterocycles. The Kier molecular flexibility index (Phi) is 23.0. The van der Waals surface area contributed by atoms with Crippen LogP contribution in [0.3, 0.4) is 0 Å². The molecule has 0 aliphatic carbocycles. The molecule has 0 aromatic carbocycles. The van der Waals surface area contributed by atoms with E-state index < -0.39 is 6.10 Å². The van der Waals surface area contributed by atoms with Gasteiger partial charge in [0.05, 0.1) is 18.6 Å². The summed E-state index contributed by atoms with van der Waals surface area (Å²) in [4.78, 5) is 15.0. The van der Waals surface area contributed by atoms with Crippen LogP contribution in [-0.2, 0) is 9.53 Å². The number of aliphatic hydroxyl groups is 1. The van der Waals surface area contributed by atoms with Crippen molar-refractivity contribution in [2.75, 3.05) is 32.8 Å². The number of ether oxygens (including phenoxy) is 1. The fraction of sp³-hybridized carbons (Fsp3) is 0.963. The van der Waals surface area contributed by atoms with Crippen LogP contribution in [0.1, 0.15) is 124 Å². The third kappa shape index (κ3) is 18.9. The van der Waals surface area contributed by atoms with E-state index in [0.717, 1.165) is 64.5 Å². The maximum Gasteiger partial charge on any atom is 0.308 e. The number of carbonyl (C=O) groups excluding carboxylic acids is 1. The van der Waals surface area contributed by atoms with Crippen molar-refractivity contribution in [2.45, 2.75) is 130 Å². The van der Waals surface area contributed by atoms with Gasteiger partial charge in [-0.2, -0.15) is 0 Å². The molecule has 192 valence electrons. The molecule has 0 saturated carbocycles. The summed E-state index contributed by atoms with van der Waals surface area (Å²) in [7, 11) is 0. The van der Waals surface area contributed by atoms with Gasteiger partial charge in [0.15, 0.2) is 0 Å². The van der Waals surface area contributed by atoms with E-state index >= 15 is 0 Å². The van der Waals surface area contributed by atoms with E-state index in [9.17, 15) is 9.90 Å². The first-order valence-electron chi connectivity index (χ1n) is 13.9. The monoisotopic (exact) mass is 456 g/mol. The molecule has 2 atom stereocenters. The molecule has 5 nitrogen and oxygen atoms in total. The molecule has 2 unspecified atom stereocenters. The lowest BCUT2D eigenvalue weighted by molar-refractivity contribution is -0.149. The maximum atomic E-state index is 12.7. The lowest BCUT2D eigenvalue weighted by Gasteiger charge is -2.24. The minimum atomic E-state index is -0.458. The van der Waals surface area contributed by atoms with Crippen molar-refractivity contribution < 1.29 is 14.6 Å². The Morgan fingerprint density at radius 2 is 1.31 bits per heavy atom. The first-order valence-corrected chi connectivity index (χ1v) is 13.9. The average Bonchev–Trinajstić information content (AvgIpc) is 2.80. The summed E-state index contributed by atoms with van der Waals surface area (Å²) >= 11 is 0. The van der Waals surface area contributed by atoms with E-state index in [1.165, 1.54) is 51.4 Å². The van der Waals surface area contributed by atoms with Crippen LogP contribution in [0.25, 0.3) is 0 Å². The van der Waals surface area contributed by atoms with Crippen molar-refractivity contribution in [3.8, 4) is 0 Å². The zero-order valence-electron chi connectivity index (χ0n) is 21.8. The van der Waals surface area contributed by atoms with Crippen LogP contribution in [0.4, 0.5) is 0 Å². The Bertz CT molecular complexity index is 406. The summed E-state index contributed by atoms with van der Waals surface area (Å²) in [6, 6.07) is 0. The van der Waals surface area contributed by atoms with Crippen LogP contribution >= 0.6 is 0 Å².